The van der Waals surface area contributed by atoms with Gasteiger partial charge in [0.1, 0.15) is 232 Å². The molecule has 10 fully saturated rings. The molecule has 34 N–H and O–H groups in total. The van der Waals surface area contributed by atoms with Crippen LogP contribution in [0.3, 0.4) is 0 Å². The predicted molar refractivity (Wildman–Crippen MR) is 423 cm³/mol. The van der Waals surface area contributed by atoms with Gasteiger partial charge in [-0.05, 0) is 25.8 Å². The number of carbonyl (C=O) groups excluding carboxylic acids is 4. The average Bonchev–Trinajstić information content (AvgIpc) is 0.767. The number of carboxylic acids is 1. The molecular weight excluding hydrogens is 1840 g/mol. The van der Waals surface area contributed by atoms with Crippen molar-refractivity contribution in [1.82, 2.24) is 21.3 Å². The van der Waals surface area contributed by atoms with Crippen molar-refractivity contribution in [2.75, 3.05) is 79.2 Å². The largest absolute Gasteiger partial charge is 0.477 e. The molecule has 10 rings (SSSR count). The average molecular weight is 1970 g/mol. The zero-order chi connectivity index (χ0) is 99.5. The van der Waals surface area contributed by atoms with Crippen molar-refractivity contribution >= 4 is 29.6 Å². The molecule has 0 radical (unpaired) electrons. The second kappa shape index (κ2) is 50.1. The molecule has 782 valence electrons. The standard InChI is InChI=1S/C77H131N5O53/c1-22-27(95)11-77(76(114)115,135-59(22)42(97)28(96)12-83)118-21-37-46(101)53(108)57(112)72(127-37)130-62-34(18-89)125-70(41(51(62)106)82-26(5)94)134-66-55(110)45(100)31(15-86)121-75(66)132-64-47(102)36(20-117-74-65(54(109)44(99)30(14-85)120-74)133-69-40(81-25(4)93)50(105)61(33(17-88)124-69)129-71-56(111)52(107)43(98)29(13-84)119-71)126-73(58(64)113)131-63-35(19-90)123-68(39(49(63)104)80-24(3)92)128-60-32(16-87)122-67(116-10-8-6-7-9-78)38(48(60)103)79-23(2)91/h22,27-75,83-90,95-113H,6-21,78H2,1-5H3,(H,79,91)(H,80,92)(H,81,93)(H,82,94)(H,114,115)/t22-,27?,28-,29?,30?,31?,32?,33?,34?,35?,36?,37?,38?,39?,40?,41?,42-,43+,44-,45+,46+,47-,48-,49-,50-,51-,52+,53+,54+,55-,56?,57?,58?,59?,60-,61-,62-,63-,64+,65?,66?,67-,68+,69+,70+,71+,72+,73+,74+,75+,77-/m1/s1. The first-order chi connectivity index (χ1) is 63.9. The fourth-order valence-corrected chi connectivity index (χ4v) is 17.5. The molecular formula is C77H131N5O53. The Hall–Kier alpha value is -4.57. The SMILES string of the molecule is CC(=O)NC1[C@H](OCCCCCN)OC(CO)[C@@H](O[C@@H]2OC(CO)[C@@H](O[C@@H]3OC(CO[C@H]4OC(CO)[C@@H](O)[C@H](O)C4O[C@@H]4OC(CO)[C@@H](O[C@@H]5OC(CO)[C@H](O)[C@H](O)C5O)[C@H](O)C4NC(C)=O)[C@@H](O)[C@H](O[C@@H]4OC(CO)[C@H](O)[C@@H](O)C4O[C@@H]4OC(CO)[C@@H](O[C@@H]5OC(CO[C@]6(C(=O)O)CC(O)[C@@H](C)C([C@H](O)[C@H](O)CO)O6)[C@H](O)[C@H](O)C5O)[C@H](O)C4NC(C)=O)C3O)[C@H](O)C2NC(C)=O)[C@@H]1O. The van der Waals surface area contributed by atoms with Gasteiger partial charge in [0.05, 0.1) is 78.3 Å². The van der Waals surface area contributed by atoms with Crippen LogP contribution in [-0.4, -0.2) is 558 Å². The lowest BCUT2D eigenvalue weighted by molar-refractivity contribution is -0.399. The van der Waals surface area contributed by atoms with Gasteiger partial charge < -0.3 is 265 Å². The number of ether oxygens (including phenoxy) is 20. The van der Waals surface area contributed by atoms with Crippen LogP contribution in [0.4, 0.5) is 0 Å². The summed E-state index contributed by atoms with van der Waals surface area (Å²) in [5.74, 6) is -9.69. The number of nitrogens with one attached hydrogen (secondary N) is 4. The number of hydrogen-bond acceptors (Lipinski definition) is 53. The maximum absolute atomic E-state index is 13.3. The monoisotopic (exact) mass is 1970 g/mol. The van der Waals surface area contributed by atoms with Gasteiger partial charge in [-0.1, -0.05) is 6.92 Å². The van der Waals surface area contributed by atoms with Gasteiger partial charge in [0.15, 0.2) is 56.6 Å². The Kier molecular flexibility index (Phi) is 41.7. The second-order valence-electron chi connectivity index (χ2n) is 34.5. The first-order valence-electron chi connectivity index (χ1n) is 43.8. The van der Waals surface area contributed by atoms with E-state index in [1.54, 1.807) is 0 Å². The van der Waals surface area contributed by atoms with Crippen LogP contribution in [-0.2, 0) is 119 Å². The van der Waals surface area contributed by atoms with E-state index in [0.717, 1.165) is 27.7 Å². The zero-order valence-electron chi connectivity index (χ0n) is 73.5. The highest BCUT2D eigenvalue weighted by atomic mass is 16.8. The number of nitrogens with two attached hydrogens (primary N) is 1. The minimum Gasteiger partial charge on any atom is -0.477 e. The Balaban J connectivity index is 0.965. The maximum Gasteiger partial charge on any atom is 0.364 e. The third kappa shape index (κ3) is 25.8. The van der Waals surface area contributed by atoms with Crippen LogP contribution in [0, 0.1) is 5.92 Å². The van der Waals surface area contributed by atoms with Crippen molar-refractivity contribution in [3.05, 3.63) is 0 Å². The molecule has 20 unspecified atom stereocenters. The third-order valence-corrected chi connectivity index (χ3v) is 24.9. The Bertz CT molecular complexity index is 3670. The smallest absolute Gasteiger partial charge is 0.364 e. The van der Waals surface area contributed by atoms with Crippen molar-refractivity contribution in [1.29, 1.82) is 0 Å². The first kappa shape index (κ1) is 112. The van der Waals surface area contributed by atoms with Crippen molar-refractivity contribution < 1.29 is 262 Å². The fraction of sp³-hybridized carbons (Fsp3) is 0.935. The third-order valence-electron chi connectivity index (χ3n) is 24.9. The highest BCUT2D eigenvalue weighted by Gasteiger charge is 2.63. The van der Waals surface area contributed by atoms with Gasteiger partial charge in [0, 0.05) is 46.6 Å². The summed E-state index contributed by atoms with van der Waals surface area (Å²) in [4.78, 5) is 65.1. The maximum atomic E-state index is 13.3. The van der Waals surface area contributed by atoms with Gasteiger partial charge >= 0.3 is 5.97 Å². The molecule has 58 heteroatoms. The molecule has 58 nitrogen and oxygen atoms in total. The van der Waals surface area contributed by atoms with E-state index in [4.69, 9.17) is 100 Å². The summed E-state index contributed by atoms with van der Waals surface area (Å²) in [6.07, 6.45) is -94.8. The molecule has 0 aliphatic carbocycles. The van der Waals surface area contributed by atoms with Gasteiger partial charge in [-0.15, -0.1) is 0 Å². The van der Waals surface area contributed by atoms with Crippen LogP contribution in [0.1, 0.15) is 60.3 Å². The molecule has 10 saturated heterocycles. The highest BCUT2D eigenvalue weighted by molar-refractivity contribution is 5.76. The van der Waals surface area contributed by atoms with Crippen molar-refractivity contribution in [2.24, 2.45) is 11.7 Å². The number of aliphatic carboxylic acids is 1. The van der Waals surface area contributed by atoms with E-state index in [2.05, 4.69) is 21.3 Å². The van der Waals surface area contributed by atoms with Crippen molar-refractivity contribution in [3.8, 4) is 0 Å². The van der Waals surface area contributed by atoms with E-state index in [-0.39, 0.29) is 6.61 Å². The van der Waals surface area contributed by atoms with Crippen LogP contribution in [0.25, 0.3) is 0 Å². The summed E-state index contributed by atoms with van der Waals surface area (Å²) in [7, 11) is 0. The van der Waals surface area contributed by atoms with Crippen LogP contribution in [0.5, 0.6) is 0 Å². The normalized spacial score (nSPS) is 46.5. The number of amides is 4. The quantitative estimate of drug-likeness (QED) is 0.0253. The summed E-state index contributed by atoms with van der Waals surface area (Å²) in [5.41, 5.74) is 5.64. The first-order valence-corrected chi connectivity index (χ1v) is 43.8. The summed E-state index contributed by atoms with van der Waals surface area (Å²) in [5, 5.41) is 324. The highest BCUT2D eigenvalue weighted by Crippen LogP contribution is 2.43. The number of aliphatic hydroxyl groups excluding tert-OH is 27. The van der Waals surface area contributed by atoms with E-state index in [0.29, 0.717) is 25.8 Å². The number of carboxylic acid groups (broad SMARTS) is 1. The van der Waals surface area contributed by atoms with E-state index >= 15 is 0 Å². The molecule has 0 aromatic rings. The van der Waals surface area contributed by atoms with Crippen LogP contribution < -0.4 is 27.0 Å². The lowest BCUT2D eigenvalue weighted by Gasteiger charge is -2.51. The fourth-order valence-electron chi connectivity index (χ4n) is 17.5. The molecule has 0 aromatic carbocycles. The Labute approximate surface area is 767 Å². The number of unbranched alkanes of at least 4 members (excludes halogenated alkanes) is 2. The van der Waals surface area contributed by atoms with E-state index in [1.165, 1.54) is 6.92 Å². The summed E-state index contributed by atoms with van der Waals surface area (Å²) >= 11 is 0. The Morgan fingerprint density at radius 3 is 1.07 bits per heavy atom. The molecule has 135 heavy (non-hydrogen) atoms. The zero-order valence-corrected chi connectivity index (χ0v) is 73.5. The summed E-state index contributed by atoms with van der Waals surface area (Å²) in [6, 6.07) is -7.46. The minimum atomic E-state index is -2.95. The molecule has 0 spiro atoms. The van der Waals surface area contributed by atoms with Gasteiger partial charge in [0.25, 0.3) is 5.79 Å². The molecule has 0 aromatic heterocycles. The number of rotatable bonds is 41. The minimum absolute atomic E-state index is 0.00387. The van der Waals surface area contributed by atoms with Gasteiger partial charge in [-0.2, -0.15) is 0 Å². The second-order valence-corrected chi connectivity index (χ2v) is 34.5. The van der Waals surface area contributed by atoms with Gasteiger partial charge in [-0.3, -0.25) is 19.2 Å². The lowest BCUT2D eigenvalue weighted by Crippen LogP contribution is -2.71. The van der Waals surface area contributed by atoms with Gasteiger partial charge in [-0.25, -0.2) is 4.79 Å². The van der Waals surface area contributed by atoms with E-state index in [9.17, 15) is 167 Å². The molecule has 10 heterocycles. The van der Waals surface area contributed by atoms with E-state index < -0.39 is 414 Å². The predicted octanol–water partition coefficient (Wildman–Crippen LogP) is -20.6. The van der Waals surface area contributed by atoms with E-state index in [1.807, 2.05) is 0 Å². The summed E-state index contributed by atoms with van der Waals surface area (Å²) < 4.78 is 120. The molecule has 51 atom stereocenters. The molecule has 10 aliphatic heterocycles. The van der Waals surface area contributed by atoms with Crippen LogP contribution >= 0.6 is 0 Å². The van der Waals surface area contributed by atoms with Crippen LogP contribution in [0.2, 0.25) is 0 Å². The Morgan fingerprint density at radius 1 is 0.348 bits per heavy atom. The van der Waals surface area contributed by atoms with Crippen LogP contribution in [0.15, 0.2) is 0 Å². The van der Waals surface area contributed by atoms with Gasteiger partial charge in [0.2, 0.25) is 23.6 Å². The molecule has 10 aliphatic rings. The molecule has 4 amide bonds. The molecule has 0 saturated carbocycles. The van der Waals surface area contributed by atoms with Crippen molar-refractivity contribution in [2.45, 2.75) is 367 Å². The Morgan fingerprint density at radius 2 is 0.674 bits per heavy atom. The van der Waals surface area contributed by atoms with Crippen molar-refractivity contribution in [3.63, 3.8) is 0 Å². The summed E-state index contributed by atoms with van der Waals surface area (Å²) in [6.45, 7) is -5.88. The lowest BCUT2D eigenvalue weighted by atomic mass is 9.84. The topological polar surface area (TPSA) is 911 Å². The number of carbonyl (C=O) groups is 5. The number of hydrogen-bond donors (Lipinski definition) is 33. The number of aliphatic hydroxyl groups is 27. The molecule has 0 bridgehead atoms.